The molecule has 0 aromatic heterocycles. The van der Waals surface area contributed by atoms with Crippen LogP contribution < -0.4 is 14.8 Å². The fourth-order valence-corrected chi connectivity index (χ4v) is 2.52. The molecule has 0 aliphatic carbocycles. The van der Waals surface area contributed by atoms with E-state index < -0.39 is 0 Å². The first-order chi connectivity index (χ1) is 9.69. The maximum Gasteiger partial charge on any atom is 0.257 e. The number of amides is 1. The number of hydrogen-bond acceptors (Lipinski definition) is 4. The number of rotatable bonds is 4. The van der Waals surface area contributed by atoms with Gasteiger partial charge in [0.25, 0.3) is 5.91 Å². The summed E-state index contributed by atoms with van der Waals surface area (Å²) in [6.45, 7) is 1.54. The van der Waals surface area contributed by atoms with Crippen LogP contribution in [0.1, 0.15) is 23.2 Å². The minimum atomic E-state index is 0.00954. The van der Waals surface area contributed by atoms with Crippen molar-refractivity contribution in [3.8, 4) is 11.5 Å². The summed E-state index contributed by atoms with van der Waals surface area (Å²) >= 11 is 0. The van der Waals surface area contributed by atoms with E-state index in [0.717, 1.165) is 25.9 Å². The van der Waals surface area contributed by atoms with Gasteiger partial charge in [-0.05, 0) is 38.1 Å². The fraction of sp³-hybridized carbons (Fsp3) is 0.533. The van der Waals surface area contributed by atoms with Gasteiger partial charge in [0.1, 0.15) is 11.5 Å². The van der Waals surface area contributed by atoms with Crippen molar-refractivity contribution in [2.75, 3.05) is 34.4 Å². The molecule has 5 heteroatoms. The Balaban J connectivity index is 2.16. The third kappa shape index (κ3) is 3.04. The molecular formula is C15H22N2O3. The molecule has 1 fully saturated rings. The standard InChI is InChI=1S/C15H22N2O3/c1-16-11-6-8-17(9-7-11)15(18)13-10-12(19-2)4-5-14(13)20-3/h4-5,10-11,16H,6-9H2,1-3H3. The van der Waals surface area contributed by atoms with Gasteiger partial charge in [-0.3, -0.25) is 4.79 Å². The molecule has 1 N–H and O–H groups in total. The third-order valence-corrected chi connectivity index (χ3v) is 3.83. The normalized spacial score (nSPS) is 16.1. The number of nitrogens with zero attached hydrogens (tertiary/aromatic N) is 1. The molecule has 5 nitrogen and oxygen atoms in total. The zero-order chi connectivity index (χ0) is 14.5. The average Bonchev–Trinajstić information content (AvgIpc) is 2.53. The summed E-state index contributed by atoms with van der Waals surface area (Å²) in [5.74, 6) is 1.26. The van der Waals surface area contributed by atoms with Crippen molar-refractivity contribution in [3.63, 3.8) is 0 Å². The second kappa shape index (κ2) is 6.61. The van der Waals surface area contributed by atoms with Gasteiger partial charge in [-0.2, -0.15) is 0 Å². The highest BCUT2D eigenvalue weighted by Gasteiger charge is 2.25. The Morgan fingerprint density at radius 1 is 1.25 bits per heavy atom. The summed E-state index contributed by atoms with van der Waals surface area (Å²) < 4.78 is 10.5. The maximum absolute atomic E-state index is 12.6. The molecule has 0 radical (unpaired) electrons. The van der Waals surface area contributed by atoms with Gasteiger partial charge >= 0.3 is 0 Å². The highest BCUT2D eigenvalue weighted by Crippen LogP contribution is 2.26. The largest absolute Gasteiger partial charge is 0.497 e. The molecule has 1 aliphatic rings. The van der Waals surface area contributed by atoms with Gasteiger partial charge in [-0.1, -0.05) is 0 Å². The summed E-state index contributed by atoms with van der Waals surface area (Å²) in [5, 5.41) is 3.26. The quantitative estimate of drug-likeness (QED) is 0.907. The topological polar surface area (TPSA) is 50.8 Å². The highest BCUT2D eigenvalue weighted by molar-refractivity contribution is 5.97. The minimum absolute atomic E-state index is 0.00954. The number of methoxy groups -OCH3 is 2. The van der Waals surface area contributed by atoms with Crippen LogP contribution in [0.5, 0.6) is 11.5 Å². The number of nitrogens with one attached hydrogen (secondary N) is 1. The van der Waals surface area contributed by atoms with Gasteiger partial charge in [-0.15, -0.1) is 0 Å². The van der Waals surface area contributed by atoms with E-state index in [1.807, 2.05) is 11.9 Å². The van der Waals surface area contributed by atoms with Gasteiger partial charge in [0.05, 0.1) is 19.8 Å². The monoisotopic (exact) mass is 278 g/mol. The van der Waals surface area contributed by atoms with Crippen LogP contribution in [0, 0.1) is 0 Å². The predicted molar refractivity (Wildman–Crippen MR) is 77.5 cm³/mol. The van der Waals surface area contributed by atoms with Crippen molar-refractivity contribution in [2.45, 2.75) is 18.9 Å². The lowest BCUT2D eigenvalue weighted by molar-refractivity contribution is 0.0703. The smallest absolute Gasteiger partial charge is 0.257 e. The van der Waals surface area contributed by atoms with Crippen LogP contribution in [-0.4, -0.2) is 51.2 Å². The van der Waals surface area contributed by atoms with E-state index >= 15 is 0 Å². The molecule has 1 aromatic rings. The summed E-state index contributed by atoms with van der Waals surface area (Å²) in [5.41, 5.74) is 0.565. The SMILES string of the molecule is CNC1CCN(C(=O)c2cc(OC)ccc2OC)CC1. The summed E-state index contributed by atoms with van der Waals surface area (Å²) in [4.78, 5) is 14.5. The van der Waals surface area contributed by atoms with E-state index in [1.165, 1.54) is 0 Å². The Bertz CT molecular complexity index is 468. The van der Waals surface area contributed by atoms with Crippen molar-refractivity contribution in [2.24, 2.45) is 0 Å². The Hall–Kier alpha value is -1.75. The molecule has 20 heavy (non-hydrogen) atoms. The molecule has 0 saturated carbocycles. The van der Waals surface area contributed by atoms with Crippen LogP contribution in [0.25, 0.3) is 0 Å². The first kappa shape index (κ1) is 14.7. The number of ether oxygens (including phenoxy) is 2. The van der Waals surface area contributed by atoms with Crippen molar-refractivity contribution >= 4 is 5.91 Å². The maximum atomic E-state index is 12.6. The minimum Gasteiger partial charge on any atom is -0.497 e. The first-order valence-corrected chi connectivity index (χ1v) is 6.88. The number of benzene rings is 1. The van der Waals surface area contributed by atoms with Gasteiger partial charge in [-0.25, -0.2) is 0 Å². The molecule has 1 aromatic carbocycles. The van der Waals surface area contributed by atoms with Crippen molar-refractivity contribution in [1.29, 1.82) is 0 Å². The number of hydrogen-bond donors (Lipinski definition) is 1. The molecule has 1 heterocycles. The fourth-order valence-electron chi connectivity index (χ4n) is 2.52. The summed E-state index contributed by atoms with van der Waals surface area (Å²) in [6.07, 6.45) is 1.96. The molecule has 1 aliphatic heterocycles. The highest BCUT2D eigenvalue weighted by atomic mass is 16.5. The van der Waals surface area contributed by atoms with E-state index in [-0.39, 0.29) is 5.91 Å². The van der Waals surface area contributed by atoms with Crippen LogP contribution in [0.4, 0.5) is 0 Å². The molecule has 110 valence electrons. The molecule has 1 amide bonds. The van der Waals surface area contributed by atoms with Crippen LogP contribution in [0.15, 0.2) is 18.2 Å². The lowest BCUT2D eigenvalue weighted by Gasteiger charge is -2.32. The molecular weight excluding hydrogens is 256 g/mol. The van der Waals surface area contributed by atoms with E-state index in [1.54, 1.807) is 32.4 Å². The number of piperidine rings is 1. The molecule has 0 unspecified atom stereocenters. The van der Waals surface area contributed by atoms with Gasteiger partial charge in [0.15, 0.2) is 0 Å². The van der Waals surface area contributed by atoms with Gasteiger partial charge in [0.2, 0.25) is 0 Å². The van der Waals surface area contributed by atoms with Crippen molar-refractivity contribution in [3.05, 3.63) is 23.8 Å². The number of likely N-dealkylation sites (tertiary alicyclic amines) is 1. The number of carbonyl (C=O) groups excluding carboxylic acids is 1. The third-order valence-electron chi connectivity index (χ3n) is 3.83. The Morgan fingerprint density at radius 2 is 1.95 bits per heavy atom. The van der Waals surface area contributed by atoms with E-state index in [2.05, 4.69) is 5.32 Å². The van der Waals surface area contributed by atoms with Gasteiger partial charge in [0, 0.05) is 19.1 Å². The lowest BCUT2D eigenvalue weighted by Crippen LogP contribution is -2.44. The second-order valence-electron chi connectivity index (χ2n) is 4.92. The van der Waals surface area contributed by atoms with Gasteiger partial charge < -0.3 is 19.7 Å². The first-order valence-electron chi connectivity index (χ1n) is 6.88. The lowest BCUT2D eigenvalue weighted by atomic mass is 10.0. The summed E-state index contributed by atoms with van der Waals surface area (Å²) in [6, 6.07) is 5.81. The van der Waals surface area contributed by atoms with Crippen molar-refractivity contribution in [1.82, 2.24) is 10.2 Å². The second-order valence-corrected chi connectivity index (χ2v) is 4.92. The number of carbonyl (C=O) groups is 1. The van der Waals surface area contributed by atoms with Crippen LogP contribution in [0.3, 0.4) is 0 Å². The Kier molecular flexibility index (Phi) is 4.84. The van der Waals surface area contributed by atoms with Crippen LogP contribution in [0.2, 0.25) is 0 Å². The van der Waals surface area contributed by atoms with E-state index in [9.17, 15) is 4.79 Å². The van der Waals surface area contributed by atoms with Crippen molar-refractivity contribution < 1.29 is 14.3 Å². The van der Waals surface area contributed by atoms with Crippen LogP contribution in [-0.2, 0) is 0 Å². The predicted octanol–water partition coefficient (Wildman–Crippen LogP) is 1.53. The molecule has 0 bridgehead atoms. The molecule has 2 rings (SSSR count). The summed E-state index contributed by atoms with van der Waals surface area (Å²) in [7, 11) is 5.13. The Morgan fingerprint density at radius 3 is 2.50 bits per heavy atom. The average molecular weight is 278 g/mol. The van der Waals surface area contributed by atoms with E-state index in [0.29, 0.717) is 23.1 Å². The molecule has 0 atom stereocenters. The zero-order valence-electron chi connectivity index (χ0n) is 12.3. The van der Waals surface area contributed by atoms with E-state index in [4.69, 9.17) is 9.47 Å². The molecule has 0 spiro atoms. The molecule has 1 saturated heterocycles. The zero-order valence-corrected chi connectivity index (χ0v) is 12.3. The van der Waals surface area contributed by atoms with Crippen LogP contribution >= 0.6 is 0 Å². The Labute approximate surface area is 119 Å².